The van der Waals surface area contributed by atoms with E-state index in [9.17, 15) is 19.5 Å². The third-order valence-corrected chi connectivity index (χ3v) is 12.0. The lowest BCUT2D eigenvalue weighted by Gasteiger charge is -2.14. The van der Waals surface area contributed by atoms with E-state index in [1.807, 2.05) is 0 Å². The standard InChI is InChI=1S/C23H11Br4ClN2O4S2/c24-17-15(16(22(33)34)18(25)20(27)19(17)26)21(32)29-11-5-6-12-14(7-11)36-23(30-12)35-8-13(31)9-1-3-10(28)4-2-9/h1-7H,8H2,(H,29,32)(H,33,34). The number of Topliss-reactive ketones (excluding diaryl/α,β-unsaturated/α-hetero) is 1. The van der Waals surface area contributed by atoms with E-state index in [4.69, 9.17) is 11.6 Å². The topological polar surface area (TPSA) is 96.4 Å². The van der Waals surface area contributed by atoms with Gasteiger partial charge >= 0.3 is 5.97 Å². The van der Waals surface area contributed by atoms with E-state index in [-0.39, 0.29) is 27.1 Å². The molecule has 1 amide bonds. The Hall–Kier alpha value is -1.28. The number of hydrogen-bond acceptors (Lipinski definition) is 6. The van der Waals surface area contributed by atoms with Crippen LogP contribution in [0.2, 0.25) is 5.02 Å². The van der Waals surface area contributed by atoms with Crippen molar-refractivity contribution in [2.45, 2.75) is 4.34 Å². The van der Waals surface area contributed by atoms with E-state index in [1.165, 1.54) is 23.1 Å². The van der Waals surface area contributed by atoms with E-state index in [2.05, 4.69) is 74.0 Å². The van der Waals surface area contributed by atoms with Crippen LogP contribution < -0.4 is 5.32 Å². The molecule has 0 aliphatic carbocycles. The highest BCUT2D eigenvalue weighted by atomic mass is 79.9. The Balaban J connectivity index is 1.54. The molecule has 1 aromatic heterocycles. The molecule has 0 atom stereocenters. The fraction of sp³-hybridized carbons (Fsp3) is 0.0435. The maximum atomic E-state index is 13.1. The van der Waals surface area contributed by atoms with Crippen molar-refractivity contribution >= 4 is 132 Å². The fourth-order valence-electron chi connectivity index (χ4n) is 3.13. The second-order valence-electron chi connectivity index (χ2n) is 7.15. The Morgan fingerprint density at radius 3 is 2.22 bits per heavy atom. The van der Waals surface area contributed by atoms with E-state index in [0.717, 1.165) is 10.2 Å². The lowest BCUT2D eigenvalue weighted by atomic mass is 10.1. The highest BCUT2D eigenvalue weighted by molar-refractivity contribution is 9.15. The number of benzene rings is 3. The minimum Gasteiger partial charge on any atom is -0.478 e. The number of nitrogens with zero attached hydrogens (tertiary/aromatic N) is 1. The molecule has 2 N–H and O–H groups in total. The van der Waals surface area contributed by atoms with Gasteiger partial charge in [0.25, 0.3) is 5.91 Å². The van der Waals surface area contributed by atoms with Gasteiger partial charge in [0.2, 0.25) is 0 Å². The van der Waals surface area contributed by atoms with Gasteiger partial charge in [-0.25, -0.2) is 9.78 Å². The second kappa shape index (κ2) is 11.6. The molecule has 6 nitrogen and oxygen atoms in total. The number of aromatic nitrogens is 1. The van der Waals surface area contributed by atoms with Gasteiger partial charge in [0, 0.05) is 34.2 Å². The summed E-state index contributed by atoms with van der Waals surface area (Å²) in [6.45, 7) is 0. The first-order valence-corrected chi connectivity index (χ1v) is 15.1. The average molecular weight is 799 g/mol. The number of thiazole rings is 1. The third kappa shape index (κ3) is 5.90. The number of thioether (sulfide) groups is 1. The molecule has 184 valence electrons. The van der Waals surface area contributed by atoms with Crippen LogP contribution in [0.4, 0.5) is 5.69 Å². The van der Waals surface area contributed by atoms with Crippen LogP contribution >= 0.6 is 98.4 Å². The molecule has 0 saturated carbocycles. The zero-order valence-corrected chi connectivity index (χ0v) is 26.3. The van der Waals surface area contributed by atoms with Crippen LogP contribution in [0.3, 0.4) is 0 Å². The quantitative estimate of drug-likeness (QED) is 0.0840. The predicted molar refractivity (Wildman–Crippen MR) is 158 cm³/mol. The minimum absolute atomic E-state index is 0.0319. The number of ketones is 1. The average Bonchev–Trinajstić information content (AvgIpc) is 3.25. The molecule has 13 heteroatoms. The van der Waals surface area contributed by atoms with Crippen molar-refractivity contribution in [3.63, 3.8) is 0 Å². The summed E-state index contributed by atoms with van der Waals surface area (Å²) in [6, 6.07) is 11.9. The van der Waals surface area contributed by atoms with Gasteiger partial charge in [-0.2, -0.15) is 0 Å². The van der Waals surface area contributed by atoms with Crippen LogP contribution in [-0.4, -0.2) is 33.5 Å². The molecule has 36 heavy (non-hydrogen) atoms. The van der Waals surface area contributed by atoms with Gasteiger partial charge in [-0.05, 0) is 106 Å². The molecular weight excluding hydrogens is 787 g/mol. The Morgan fingerprint density at radius 2 is 1.58 bits per heavy atom. The first kappa shape index (κ1) is 27.7. The lowest BCUT2D eigenvalue weighted by Crippen LogP contribution is -2.18. The minimum atomic E-state index is -1.26. The maximum absolute atomic E-state index is 13.1. The van der Waals surface area contributed by atoms with Crippen molar-refractivity contribution in [2.24, 2.45) is 0 Å². The smallest absolute Gasteiger partial charge is 0.337 e. The van der Waals surface area contributed by atoms with Gasteiger partial charge in [0.15, 0.2) is 10.1 Å². The van der Waals surface area contributed by atoms with Crippen molar-refractivity contribution < 1.29 is 19.5 Å². The van der Waals surface area contributed by atoms with Gasteiger partial charge < -0.3 is 10.4 Å². The Morgan fingerprint density at radius 1 is 0.944 bits per heavy atom. The number of halogens is 5. The van der Waals surface area contributed by atoms with Crippen LogP contribution in [0.1, 0.15) is 31.1 Å². The van der Waals surface area contributed by atoms with E-state index < -0.39 is 11.9 Å². The zero-order valence-electron chi connectivity index (χ0n) is 17.6. The molecule has 3 aromatic carbocycles. The van der Waals surface area contributed by atoms with E-state index >= 15 is 0 Å². The number of carbonyl (C=O) groups excluding carboxylic acids is 2. The van der Waals surface area contributed by atoms with Crippen LogP contribution in [0, 0.1) is 0 Å². The normalized spacial score (nSPS) is 11.0. The summed E-state index contributed by atoms with van der Waals surface area (Å²) in [4.78, 5) is 42.0. The fourth-order valence-corrected chi connectivity index (χ4v) is 7.72. The van der Waals surface area contributed by atoms with Crippen LogP contribution in [0.25, 0.3) is 10.2 Å². The van der Waals surface area contributed by atoms with Crippen LogP contribution in [0.15, 0.2) is 64.7 Å². The molecule has 0 radical (unpaired) electrons. The maximum Gasteiger partial charge on any atom is 0.337 e. The molecule has 1 heterocycles. The highest BCUT2D eigenvalue weighted by Gasteiger charge is 2.28. The Bertz CT molecular complexity index is 1540. The van der Waals surface area contributed by atoms with Gasteiger partial charge in [0.1, 0.15) is 0 Å². The van der Waals surface area contributed by atoms with E-state index in [1.54, 1.807) is 42.5 Å². The van der Waals surface area contributed by atoms with Gasteiger partial charge in [-0.15, -0.1) is 11.3 Å². The number of nitrogens with one attached hydrogen (secondary N) is 1. The van der Waals surface area contributed by atoms with Crippen molar-refractivity contribution in [1.82, 2.24) is 4.98 Å². The molecule has 0 aliphatic rings. The van der Waals surface area contributed by atoms with E-state index in [0.29, 0.717) is 34.0 Å². The van der Waals surface area contributed by atoms with Crippen molar-refractivity contribution in [3.8, 4) is 0 Å². The first-order chi connectivity index (χ1) is 17.1. The number of fused-ring (bicyclic) bond motifs is 1. The SMILES string of the molecule is O=C(CSc1nc2ccc(NC(=O)c3c(Br)c(Br)c(Br)c(Br)c3C(=O)O)cc2s1)c1ccc(Cl)cc1. The summed E-state index contributed by atoms with van der Waals surface area (Å²) in [5.41, 5.74) is 1.56. The largest absolute Gasteiger partial charge is 0.478 e. The van der Waals surface area contributed by atoms with Crippen molar-refractivity contribution in [3.05, 3.63) is 82.1 Å². The number of rotatable bonds is 7. The lowest BCUT2D eigenvalue weighted by molar-refractivity contribution is 0.0691. The third-order valence-electron chi connectivity index (χ3n) is 4.83. The summed E-state index contributed by atoms with van der Waals surface area (Å²) in [5, 5.41) is 13.0. The molecule has 0 fully saturated rings. The van der Waals surface area contributed by atoms with Gasteiger partial charge in [-0.3, -0.25) is 9.59 Å². The Labute approximate surface area is 251 Å². The van der Waals surface area contributed by atoms with Crippen molar-refractivity contribution in [1.29, 1.82) is 0 Å². The molecule has 4 aromatic rings. The number of hydrogen-bond donors (Lipinski definition) is 2. The number of carboxylic acid groups (broad SMARTS) is 1. The summed E-state index contributed by atoms with van der Waals surface area (Å²) in [5.74, 6) is -1.66. The van der Waals surface area contributed by atoms with Gasteiger partial charge in [0.05, 0.1) is 27.1 Å². The number of amides is 1. The molecule has 0 bridgehead atoms. The molecule has 0 spiro atoms. The highest BCUT2D eigenvalue weighted by Crippen LogP contribution is 2.42. The monoisotopic (exact) mass is 794 g/mol. The van der Waals surface area contributed by atoms with Crippen LogP contribution in [-0.2, 0) is 0 Å². The summed E-state index contributed by atoms with van der Waals surface area (Å²) < 4.78 is 3.03. The summed E-state index contributed by atoms with van der Waals surface area (Å²) in [6.07, 6.45) is 0. The second-order valence-corrected chi connectivity index (χ2v) is 13.0. The molecule has 0 unspecified atom stereocenters. The predicted octanol–water partition coefficient (Wildman–Crippen LogP) is 8.93. The van der Waals surface area contributed by atoms with Crippen LogP contribution in [0.5, 0.6) is 0 Å². The summed E-state index contributed by atoms with van der Waals surface area (Å²) in [7, 11) is 0. The zero-order chi connectivity index (χ0) is 26.1. The Kier molecular flexibility index (Phi) is 8.96. The summed E-state index contributed by atoms with van der Waals surface area (Å²) >= 11 is 21.9. The number of carbonyl (C=O) groups is 3. The van der Waals surface area contributed by atoms with Gasteiger partial charge in [-0.1, -0.05) is 23.4 Å². The molecule has 4 rings (SSSR count). The first-order valence-electron chi connectivity index (χ1n) is 9.79. The number of carboxylic acids is 1. The number of anilines is 1. The number of aromatic carboxylic acids is 1. The molecule has 0 saturated heterocycles. The van der Waals surface area contributed by atoms with Crippen molar-refractivity contribution in [2.75, 3.05) is 11.1 Å². The molecular formula is C23H11Br4ClN2O4S2. The molecule has 0 aliphatic heterocycles.